The first-order valence-corrected chi connectivity index (χ1v) is 9.57. The van der Waals surface area contributed by atoms with Gasteiger partial charge in [0.05, 0.1) is 19.4 Å². The summed E-state index contributed by atoms with van der Waals surface area (Å²) in [4.78, 5) is 2.43. The van der Waals surface area contributed by atoms with Crippen LogP contribution < -0.4 is 10.7 Å². The zero-order valence-corrected chi connectivity index (χ0v) is 16.0. The van der Waals surface area contributed by atoms with Gasteiger partial charge < -0.3 is 15.0 Å². The number of hydrogen-bond acceptors (Lipinski definition) is 4. The Morgan fingerprint density at radius 3 is 2.73 bits per heavy atom. The highest BCUT2D eigenvalue weighted by molar-refractivity contribution is 7.80. The van der Waals surface area contributed by atoms with Gasteiger partial charge in [0, 0.05) is 25.3 Å². The van der Waals surface area contributed by atoms with Crippen molar-refractivity contribution in [1.29, 1.82) is 0 Å². The number of hydrogen-bond donors (Lipinski definition) is 2. The van der Waals surface area contributed by atoms with E-state index in [4.69, 9.17) is 17.0 Å². The molecule has 5 nitrogen and oxygen atoms in total. The molecule has 0 bridgehead atoms. The summed E-state index contributed by atoms with van der Waals surface area (Å²) >= 11 is 5.17. The zero-order valence-electron chi connectivity index (χ0n) is 15.2. The lowest BCUT2D eigenvalue weighted by Crippen LogP contribution is -2.36. The summed E-state index contributed by atoms with van der Waals surface area (Å²) in [5.74, 6) is 0. The van der Waals surface area contributed by atoms with Crippen molar-refractivity contribution in [2.75, 3.05) is 32.8 Å². The van der Waals surface area contributed by atoms with Crippen molar-refractivity contribution in [3.05, 3.63) is 52.7 Å². The molecule has 1 heterocycles. The van der Waals surface area contributed by atoms with Crippen LogP contribution in [0.1, 0.15) is 25.3 Å². The van der Waals surface area contributed by atoms with Crippen LogP contribution in [0.15, 0.2) is 52.3 Å². The van der Waals surface area contributed by atoms with Crippen molar-refractivity contribution >= 4 is 29.6 Å². The van der Waals surface area contributed by atoms with E-state index in [2.05, 4.69) is 51.1 Å². The summed E-state index contributed by atoms with van der Waals surface area (Å²) in [6.07, 6.45) is 6.23. The molecular weight excluding hydrogens is 344 g/mol. The van der Waals surface area contributed by atoms with Gasteiger partial charge in [-0.15, -0.1) is 0 Å². The average molecular weight is 371 g/mol. The van der Waals surface area contributed by atoms with Crippen LogP contribution in [0.4, 0.5) is 0 Å². The van der Waals surface area contributed by atoms with Crippen molar-refractivity contribution in [2.24, 2.45) is 5.10 Å². The summed E-state index contributed by atoms with van der Waals surface area (Å²) in [7, 11) is 0. The van der Waals surface area contributed by atoms with Crippen LogP contribution in [0.3, 0.4) is 0 Å². The smallest absolute Gasteiger partial charge is 0.186 e. The number of thiocarbonyl (C=S) groups is 1. The first kappa shape index (κ1) is 18.6. The van der Waals surface area contributed by atoms with Crippen LogP contribution in [-0.2, 0) is 4.74 Å². The molecule has 3 rings (SSSR count). The molecule has 1 saturated heterocycles. The number of hydrazone groups is 1. The molecule has 1 aliphatic carbocycles. The number of ether oxygens (including phenoxy) is 1. The van der Waals surface area contributed by atoms with Crippen molar-refractivity contribution in [3.8, 4) is 0 Å². The molecule has 26 heavy (non-hydrogen) atoms. The normalized spacial score (nSPS) is 19.4. The number of benzene rings is 1. The van der Waals surface area contributed by atoms with Crippen LogP contribution in [0.25, 0.3) is 6.08 Å². The van der Waals surface area contributed by atoms with Crippen LogP contribution in [0.5, 0.6) is 0 Å². The molecule has 0 spiro atoms. The SMILES string of the molecule is CCNC(=S)N/N=C\C1=C(N2CCOCC2)C(=C\c2ccccc2)/CC1. The fraction of sp³-hybridized carbons (Fsp3) is 0.400. The molecule has 0 aromatic heterocycles. The maximum Gasteiger partial charge on any atom is 0.186 e. The molecule has 1 aliphatic heterocycles. The van der Waals surface area contributed by atoms with E-state index >= 15 is 0 Å². The monoisotopic (exact) mass is 370 g/mol. The van der Waals surface area contributed by atoms with Gasteiger partial charge >= 0.3 is 0 Å². The van der Waals surface area contributed by atoms with E-state index in [-0.39, 0.29) is 0 Å². The molecule has 0 atom stereocenters. The second kappa shape index (κ2) is 9.50. The topological polar surface area (TPSA) is 48.9 Å². The molecule has 0 unspecified atom stereocenters. The Balaban J connectivity index is 1.83. The highest BCUT2D eigenvalue weighted by Crippen LogP contribution is 2.34. The molecule has 0 radical (unpaired) electrons. The van der Waals surface area contributed by atoms with Gasteiger partial charge in [0.25, 0.3) is 0 Å². The van der Waals surface area contributed by atoms with E-state index in [1.54, 1.807) is 0 Å². The molecule has 1 aromatic carbocycles. The zero-order chi connectivity index (χ0) is 18.2. The lowest BCUT2D eigenvalue weighted by Gasteiger charge is -2.31. The van der Waals surface area contributed by atoms with Crippen molar-refractivity contribution in [1.82, 2.24) is 15.6 Å². The minimum absolute atomic E-state index is 0.551. The Morgan fingerprint density at radius 1 is 1.23 bits per heavy atom. The van der Waals surface area contributed by atoms with Gasteiger partial charge in [-0.3, -0.25) is 5.43 Å². The fourth-order valence-electron chi connectivity index (χ4n) is 3.29. The Labute approximate surface area is 160 Å². The third-order valence-electron chi connectivity index (χ3n) is 4.46. The summed E-state index contributed by atoms with van der Waals surface area (Å²) in [6, 6.07) is 10.5. The van der Waals surface area contributed by atoms with Crippen molar-refractivity contribution < 1.29 is 4.74 Å². The molecule has 6 heteroatoms. The summed E-state index contributed by atoms with van der Waals surface area (Å²) < 4.78 is 5.53. The molecule has 0 saturated carbocycles. The first-order valence-electron chi connectivity index (χ1n) is 9.16. The van der Waals surface area contributed by atoms with Gasteiger partial charge in [0.1, 0.15) is 0 Å². The van der Waals surface area contributed by atoms with Crippen molar-refractivity contribution in [3.63, 3.8) is 0 Å². The Hall–Kier alpha value is -2.18. The lowest BCUT2D eigenvalue weighted by molar-refractivity contribution is 0.0548. The van der Waals surface area contributed by atoms with E-state index in [0.717, 1.165) is 45.7 Å². The van der Waals surface area contributed by atoms with E-state index in [1.165, 1.54) is 22.4 Å². The maximum atomic E-state index is 5.53. The second-order valence-electron chi connectivity index (χ2n) is 6.28. The Bertz CT molecular complexity index is 706. The maximum absolute atomic E-state index is 5.53. The summed E-state index contributed by atoms with van der Waals surface area (Å²) in [5.41, 5.74) is 8.05. The molecule has 1 fully saturated rings. The predicted octanol–water partition coefficient (Wildman–Crippen LogP) is 2.92. The van der Waals surface area contributed by atoms with E-state index in [1.807, 2.05) is 19.2 Å². The van der Waals surface area contributed by atoms with Gasteiger partial charge in [0.2, 0.25) is 0 Å². The summed E-state index contributed by atoms with van der Waals surface area (Å²) in [6.45, 7) is 6.18. The lowest BCUT2D eigenvalue weighted by atomic mass is 10.1. The first-order chi connectivity index (χ1) is 12.8. The summed E-state index contributed by atoms with van der Waals surface area (Å²) in [5, 5.41) is 7.93. The standard InChI is InChI=1S/C20H26N4OS/c1-2-21-20(26)23-22-15-18-9-8-17(14-16-6-4-3-5-7-16)19(18)24-10-12-25-13-11-24/h3-7,14-15H,2,8-13H2,1H3,(H2,21,23,26)/b17-14-,22-15-. The Kier molecular flexibility index (Phi) is 6.80. The highest BCUT2D eigenvalue weighted by atomic mass is 32.1. The number of morpholine rings is 1. The number of nitrogens with zero attached hydrogens (tertiary/aromatic N) is 2. The minimum Gasteiger partial charge on any atom is -0.378 e. The number of nitrogens with one attached hydrogen (secondary N) is 2. The third-order valence-corrected chi connectivity index (χ3v) is 4.70. The molecule has 1 aromatic rings. The predicted molar refractivity (Wildman–Crippen MR) is 111 cm³/mol. The fourth-order valence-corrected chi connectivity index (χ4v) is 3.49. The molecule has 2 N–H and O–H groups in total. The van der Waals surface area contributed by atoms with Gasteiger partial charge in [0.15, 0.2) is 5.11 Å². The highest BCUT2D eigenvalue weighted by Gasteiger charge is 2.25. The molecule has 138 valence electrons. The van der Waals surface area contributed by atoms with Crippen LogP contribution in [0, 0.1) is 0 Å². The van der Waals surface area contributed by atoms with Crippen LogP contribution in [0.2, 0.25) is 0 Å². The third kappa shape index (κ3) is 4.93. The van der Waals surface area contributed by atoms with Crippen molar-refractivity contribution in [2.45, 2.75) is 19.8 Å². The average Bonchev–Trinajstić information content (AvgIpc) is 3.06. The van der Waals surface area contributed by atoms with Crippen LogP contribution in [-0.4, -0.2) is 49.1 Å². The van der Waals surface area contributed by atoms with Gasteiger partial charge in [-0.2, -0.15) is 5.10 Å². The Morgan fingerprint density at radius 2 is 2.00 bits per heavy atom. The quantitative estimate of drug-likeness (QED) is 0.474. The largest absolute Gasteiger partial charge is 0.378 e. The van der Waals surface area contributed by atoms with Gasteiger partial charge in [-0.05, 0) is 54.8 Å². The molecule has 2 aliphatic rings. The molecule has 0 amide bonds. The van der Waals surface area contributed by atoms with Gasteiger partial charge in [-0.25, -0.2) is 0 Å². The number of allylic oxidation sites excluding steroid dienone is 2. The molecular formula is C20H26N4OS. The minimum atomic E-state index is 0.551. The second-order valence-corrected chi connectivity index (χ2v) is 6.69. The van der Waals surface area contributed by atoms with E-state index < -0.39 is 0 Å². The number of rotatable bonds is 5. The van der Waals surface area contributed by atoms with E-state index in [9.17, 15) is 0 Å². The van der Waals surface area contributed by atoms with E-state index in [0.29, 0.717) is 5.11 Å². The van der Waals surface area contributed by atoms with Crippen LogP contribution >= 0.6 is 12.2 Å². The van der Waals surface area contributed by atoms with Gasteiger partial charge in [-0.1, -0.05) is 30.3 Å².